The standard InChI is InChI=1S/C22H33N5O2S/c1-4-13-24-21(29)20(23)22(27(5-2)17(3)28)30-25-19-10-8-18(9-11-19)12-16-26-14-6-7-15-26/h1,8-11,20,22,25H,5-7,12-16,23H2,2-3H3,(H,24,29)/t20-,22?/m1/s1. The van der Waals surface area contributed by atoms with Gasteiger partial charge in [-0.15, -0.1) is 6.42 Å². The Kier molecular flexibility index (Phi) is 10.0. The summed E-state index contributed by atoms with van der Waals surface area (Å²) in [5, 5.41) is 2.02. The fourth-order valence-corrected chi connectivity index (χ4v) is 4.55. The minimum absolute atomic E-state index is 0.0996. The van der Waals surface area contributed by atoms with Crippen molar-refractivity contribution in [1.29, 1.82) is 0 Å². The van der Waals surface area contributed by atoms with E-state index in [1.54, 1.807) is 4.90 Å². The van der Waals surface area contributed by atoms with Crippen molar-refractivity contribution in [3.05, 3.63) is 29.8 Å². The van der Waals surface area contributed by atoms with Gasteiger partial charge in [0.1, 0.15) is 11.4 Å². The van der Waals surface area contributed by atoms with Crippen LogP contribution in [0.25, 0.3) is 0 Å². The van der Waals surface area contributed by atoms with Gasteiger partial charge in [0, 0.05) is 25.7 Å². The summed E-state index contributed by atoms with van der Waals surface area (Å²) in [6, 6.07) is 7.32. The summed E-state index contributed by atoms with van der Waals surface area (Å²) in [6.07, 6.45) is 8.84. The molecule has 0 saturated carbocycles. The lowest BCUT2D eigenvalue weighted by Gasteiger charge is -2.32. The molecule has 0 aliphatic carbocycles. The minimum Gasteiger partial charge on any atom is -0.344 e. The van der Waals surface area contributed by atoms with Crippen molar-refractivity contribution in [2.45, 2.75) is 44.5 Å². The number of nitrogens with zero attached hydrogens (tertiary/aromatic N) is 2. The molecule has 1 aromatic rings. The molecule has 1 saturated heterocycles. The number of nitrogens with one attached hydrogen (secondary N) is 2. The Bertz CT molecular complexity index is 728. The number of carbonyl (C=O) groups excluding carboxylic acids is 2. The lowest BCUT2D eigenvalue weighted by Crippen LogP contribution is -2.55. The number of hydrogen-bond donors (Lipinski definition) is 3. The second kappa shape index (κ2) is 12.5. The summed E-state index contributed by atoms with van der Waals surface area (Å²) in [5.41, 5.74) is 8.35. The number of likely N-dealkylation sites (N-methyl/N-ethyl adjacent to an activating group) is 1. The van der Waals surface area contributed by atoms with E-state index in [1.807, 2.05) is 19.1 Å². The molecule has 2 amide bonds. The Balaban J connectivity index is 1.96. The molecule has 8 heteroatoms. The highest BCUT2D eigenvalue weighted by molar-refractivity contribution is 8.01. The molecule has 0 spiro atoms. The van der Waals surface area contributed by atoms with E-state index in [9.17, 15) is 9.59 Å². The van der Waals surface area contributed by atoms with Crippen LogP contribution in [0.4, 0.5) is 5.69 Å². The third kappa shape index (κ3) is 7.24. The number of carbonyl (C=O) groups is 2. The van der Waals surface area contributed by atoms with E-state index in [4.69, 9.17) is 12.2 Å². The van der Waals surface area contributed by atoms with Crippen LogP contribution in [0, 0.1) is 12.3 Å². The smallest absolute Gasteiger partial charge is 0.240 e. The zero-order chi connectivity index (χ0) is 21.9. The first-order valence-corrected chi connectivity index (χ1v) is 11.3. The molecule has 1 aromatic carbocycles. The Hall–Kier alpha value is -2.21. The van der Waals surface area contributed by atoms with Gasteiger partial charge < -0.3 is 25.6 Å². The van der Waals surface area contributed by atoms with Crippen LogP contribution in [-0.2, 0) is 16.0 Å². The minimum atomic E-state index is -0.917. The molecule has 1 aliphatic rings. The monoisotopic (exact) mass is 431 g/mol. The van der Waals surface area contributed by atoms with Crippen molar-refractivity contribution in [2.24, 2.45) is 5.73 Å². The zero-order valence-electron chi connectivity index (χ0n) is 17.9. The Morgan fingerprint density at radius 3 is 2.53 bits per heavy atom. The average Bonchev–Trinajstić information content (AvgIpc) is 3.27. The maximum atomic E-state index is 12.3. The van der Waals surface area contributed by atoms with Gasteiger partial charge in [0.2, 0.25) is 11.8 Å². The highest BCUT2D eigenvalue weighted by atomic mass is 32.2. The molecule has 4 N–H and O–H groups in total. The maximum Gasteiger partial charge on any atom is 0.240 e. The van der Waals surface area contributed by atoms with E-state index in [2.05, 4.69) is 33.0 Å². The van der Waals surface area contributed by atoms with Crippen molar-refractivity contribution in [3.8, 4) is 12.3 Å². The van der Waals surface area contributed by atoms with E-state index in [0.29, 0.717) is 6.54 Å². The van der Waals surface area contributed by atoms with E-state index in [1.165, 1.54) is 50.4 Å². The molecule has 7 nitrogen and oxygen atoms in total. The normalized spacial score (nSPS) is 15.8. The fourth-order valence-electron chi connectivity index (χ4n) is 3.46. The Morgan fingerprint density at radius 2 is 1.97 bits per heavy atom. The molecule has 2 rings (SSSR count). The van der Waals surface area contributed by atoms with Crippen molar-refractivity contribution in [3.63, 3.8) is 0 Å². The lowest BCUT2D eigenvalue weighted by molar-refractivity contribution is -0.131. The molecule has 1 unspecified atom stereocenters. The number of anilines is 1. The van der Waals surface area contributed by atoms with Gasteiger partial charge in [-0.1, -0.05) is 18.1 Å². The number of benzene rings is 1. The van der Waals surface area contributed by atoms with Gasteiger partial charge in [-0.2, -0.15) is 0 Å². The fraction of sp³-hybridized carbons (Fsp3) is 0.545. The van der Waals surface area contributed by atoms with E-state index < -0.39 is 11.4 Å². The van der Waals surface area contributed by atoms with Crippen molar-refractivity contribution in [2.75, 3.05) is 37.4 Å². The quantitative estimate of drug-likeness (QED) is 0.280. The van der Waals surface area contributed by atoms with Crippen LogP contribution >= 0.6 is 11.9 Å². The molecule has 164 valence electrons. The van der Waals surface area contributed by atoms with Crippen LogP contribution in [0.1, 0.15) is 32.3 Å². The van der Waals surface area contributed by atoms with Crippen LogP contribution in [0.2, 0.25) is 0 Å². The molecular formula is C22H33N5O2S. The van der Waals surface area contributed by atoms with Crippen molar-refractivity contribution < 1.29 is 9.59 Å². The highest BCUT2D eigenvalue weighted by Gasteiger charge is 2.31. The van der Waals surface area contributed by atoms with Gasteiger partial charge in [-0.05, 0) is 68.9 Å². The van der Waals surface area contributed by atoms with Gasteiger partial charge in [-0.3, -0.25) is 9.59 Å². The average molecular weight is 432 g/mol. The number of rotatable bonds is 11. The Morgan fingerprint density at radius 1 is 1.30 bits per heavy atom. The van der Waals surface area contributed by atoms with Gasteiger partial charge in [0.05, 0.1) is 6.54 Å². The molecule has 1 aliphatic heterocycles. The molecular weight excluding hydrogens is 398 g/mol. The second-order valence-corrected chi connectivity index (χ2v) is 8.28. The van der Waals surface area contributed by atoms with Crippen LogP contribution in [0.5, 0.6) is 0 Å². The zero-order valence-corrected chi connectivity index (χ0v) is 18.7. The molecule has 1 fully saturated rings. The lowest BCUT2D eigenvalue weighted by atomic mass is 10.1. The molecule has 0 radical (unpaired) electrons. The third-order valence-corrected chi connectivity index (χ3v) is 6.34. The number of terminal acetylenes is 1. The van der Waals surface area contributed by atoms with E-state index >= 15 is 0 Å². The van der Waals surface area contributed by atoms with Crippen LogP contribution < -0.4 is 15.8 Å². The number of hydrogen-bond acceptors (Lipinski definition) is 6. The first kappa shape index (κ1) is 24.1. The molecule has 0 aromatic heterocycles. The van der Waals surface area contributed by atoms with Crippen LogP contribution in [0.3, 0.4) is 0 Å². The summed E-state index contributed by atoms with van der Waals surface area (Å²) in [5.74, 6) is 1.83. The molecule has 0 bridgehead atoms. The summed E-state index contributed by atoms with van der Waals surface area (Å²) in [7, 11) is 0. The highest BCUT2D eigenvalue weighted by Crippen LogP contribution is 2.23. The largest absolute Gasteiger partial charge is 0.344 e. The first-order chi connectivity index (χ1) is 14.5. The molecule has 30 heavy (non-hydrogen) atoms. The summed E-state index contributed by atoms with van der Waals surface area (Å²) in [6.45, 7) is 7.38. The van der Waals surface area contributed by atoms with Crippen molar-refractivity contribution >= 4 is 29.4 Å². The number of nitrogens with two attached hydrogens (primary N) is 1. The summed E-state index contributed by atoms with van der Waals surface area (Å²) in [4.78, 5) is 28.4. The van der Waals surface area contributed by atoms with Gasteiger partial charge in [0.15, 0.2) is 0 Å². The Labute approximate surface area is 184 Å². The second-order valence-electron chi connectivity index (χ2n) is 7.36. The van der Waals surface area contributed by atoms with Gasteiger partial charge >= 0.3 is 0 Å². The van der Waals surface area contributed by atoms with Crippen molar-refractivity contribution in [1.82, 2.24) is 15.1 Å². The van der Waals surface area contributed by atoms with E-state index in [-0.39, 0.29) is 18.4 Å². The number of likely N-dealkylation sites (tertiary alicyclic amines) is 1. The van der Waals surface area contributed by atoms with Crippen LogP contribution in [0.15, 0.2) is 24.3 Å². The SMILES string of the molecule is C#CCNC(=O)[C@@H](N)C(SNc1ccc(CCN2CCCC2)cc1)N(CC)C(C)=O. The van der Waals surface area contributed by atoms with Gasteiger partial charge in [-0.25, -0.2) is 0 Å². The van der Waals surface area contributed by atoms with Gasteiger partial charge in [0.25, 0.3) is 0 Å². The number of amides is 2. The summed E-state index contributed by atoms with van der Waals surface area (Å²) >= 11 is 1.25. The predicted molar refractivity (Wildman–Crippen MR) is 124 cm³/mol. The molecule has 2 atom stereocenters. The molecule has 1 heterocycles. The predicted octanol–water partition coefficient (Wildman–Crippen LogP) is 1.66. The third-order valence-electron chi connectivity index (χ3n) is 5.19. The van der Waals surface area contributed by atoms with E-state index in [0.717, 1.165) is 18.7 Å². The van der Waals surface area contributed by atoms with Crippen LogP contribution in [-0.4, -0.2) is 65.8 Å². The first-order valence-electron chi connectivity index (χ1n) is 10.4. The summed E-state index contributed by atoms with van der Waals surface area (Å²) < 4.78 is 3.24. The maximum absolute atomic E-state index is 12.3. The topological polar surface area (TPSA) is 90.7 Å².